The maximum absolute atomic E-state index is 9.45. The van der Waals surface area contributed by atoms with Crippen molar-refractivity contribution in [3.8, 4) is 0 Å². The highest BCUT2D eigenvalue weighted by atomic mass is 32.1. The van der Waals surface area contributed by atoms with Crippen molar-refractivity contribution < 1.29 is 9.84 Å². The summed E-state index contributed by atoms with van der Waals surface area (Å²) in [7, 11) is 0. The lowest BCUT2D eigenvalue weighted by Crippen LogP contribution is -2.22. The summed E-state index contributed by atoms with van der Waals surface area (Å²) in [4.78, 5) is 4.57. The fourth-order valence-corrected chi connectivity index (χ4v) is 2.83. The van der Waals surface area contributed by atoms with Gasteiger partial charge in [-0.2, -0.15) is 0 Å². The molecule has 1 aromatic heterocycles. The van der Waals surface area contributed by atoms with Gasteiger partial charge in [0.25, 0.3) is 0 Å². The van der Waals surface area contributed by atoms with Crippen molar-refractivity contribution in [2.24, 2.45) is 5.73 Å². The number of aromatic nitrogens is 1. The molecule has 1 aromatic rings. The third-order valence-electron chi connectivity index (χ3n) is 2.89. The van der Waals surface area contributed by atoms with Crippen LogP contribution in [0.15, 0.2) is 5.38 Å². The van der Waals surface area contributed by atoms with Gasteiger partial charge in [-0.25, -0.2) is 4.98 Å². The van der Waals surface area contributed by atoms with Gasteiger partial charge in [0, 0.05) is 37.5 Å². The molecule has 90 valence electrons. The Bertz CT molecular complexity index is 324. The maximum Gasteiger partial charge on any atom is 0.0954 e. The predicted molar refractivity (Wildman–Crippen MR) is 63.7 cm³/mol. The second kappa shape index (κ2) is 5.72. The largest absolute Gasteiger partial charge is 0.391 e. The Balaban J connectivity index is 1.95. The number of rotatable bonds is 4. The SMILES string of the molecule is NCC(O)Cc1nc(C2CCOCC2)cs1. The van der Waals surface area contributed by atoms with Crippen LogP contribution in [-0.2, 0) is 11.2 Å². The minimum absolute atomic E-state index is 0.298. The quantitative estimate of drug-likeness (QED) is 0.823. The van der Waals surface area contributed by atoms with Crippen molar-refractivity contribution in [3.63, 3.8) is 0 Å². The number of aliphatic hydroxyl groups is 1. The van der Waals surface area contributed by atoms with Crippen LogP contribution in [0.5, 0.6) is 0 Å². The van der Waals surface area contributed by atoms with E-state index in [-0.39, 0.29) is 0 Å². The van der Waals surface area contributed by atoms with Gasteiger partial charge in [0.05, 0.1) is 16.8 Å². The van der Waals surface area contributed by atoms with Gasteiger partial charge in [0.1, 0.15) is 0 Å². The predicted octanol–water partition coefficient (Wildman–Crippen LogP) is 0.899. The van der Waals surface area contributed by atoms with Gasteiger partial charge in [-0.1, -0.05) is 0 Å². The molecule has 1 unspecified atom stereocenters. The number of hydrogen-bond acceptors (Lipinski definition) is 5. The number of aliphatic hydroxyl groups excluding tert-OH is 1. The summed E-state index contributed by atoms with van der Waals surface area (Å²) in [5.41, 5.74) is 6.54. The molecule has 0 saturated carbocycles. The topological polar surface area (TPSA) is 68.4 Å². The lowest BCUT2D eigenvalue weighted by Gasteiger charge is -2.20. The number of thiazole rings is 1. The first-order valence-electron chi connectivity index (χ1n) is 5.69. The normalized spacial score (nSPS) is 19.9. The van der Waals surface area contributed by atoms with Crippen LogP contribution in [0.2, 0.25) is 0 Å². The molecular weight excluding hydrogens is 224 g/mol. The zero-order chi connectivity index (χ0) is 11.4. The molecule has 1 aliphatic heterocycles. The molecule has 2 heterocycles. The van der Waals surface area contributed by atoms with Crippen LogP contribution in [0.4, 0.5) is 0 Å². The molecule has 0 amide bonds. The average Bonchev–Trinajstić information content (AvgIpc) is 2.78. The van der Waals surface area contributed by atoms with E-state index in [9.17, 15) is 5.11 Å². The van der Waals surface area contributed by atoms with Crippen molar-refractivity contribution in [1.82, 2.24) is 4.98 Å². The van der Waals surface area contributed by atoms with Gasteiger partial charge in [-0.3, -0.25) is 0 Å². The molecular formula is C11H18N2O2S. The van der Waals surface area contributed by atoms with E-state index in [2.05, 4.69) is 10.4 Å². The lowest BCUT2D eigenvalue weighted by molar-refractivity contribution is 0.0845. The van der Waals surface area contributed by atoms with E-state index in [0.29, 0.717) is 18.9 Å². The van der Waals surface area contributed by atoms with E-state index in [1.165, 1.54) is 0 Å². The smallest absolute Gasteiger partial charge is 0.0954 e. The van der Waals surface area contributed by atoms with E-state index >= 15 is 0 Å². The van der Waals surface area contributed by atoms with Crippen molar-refractivity contribution >= 4 is 11.3 Å². The molecule has 0 radical (unpaired) electrons. The molecule has 4 nitrogen and oxygen atoms in total. The zero-order valence-corrected chi connectivity index (χ0v) is 10.1. The first kappa shape index (κ1) is 12.0. The molecule has 0 aromatic carbocycles. The maximum atomic E-state index is 9.45. The summed E-state index contributed by atoms with van der Waals surface area (Å²) in [6.07, 6.45) is 2.23. The average molecular weight is 242 g/mol. The minimum Gasteiger partial charge on any atom is -0.391 e. The Hall–Kier alpha value is -0.490. The minimum atomic E-state index is -0.464. The molecule has 1 atom stereocenters. The van der Waals surface area contributed by atoms with Gasteiger partial charge >= 0.3 is 0 Å². The van der Waals surface area contributed by atoms with Gasteiger partial charge < -0.3 is 15.6 Å². The molecule has 1 fully saturated rings. The third kappa shape index (κ3) is 3.01. The monoisotopic (exact) mass is 242 g/mol. The van der Waals surface area contributed by atoms with Crippen molar-refractivity contribution in [2.75, 3.05) is 19.8 Å². The number of nitrogens with two attached hydrogens (primary N) is 1. The molecule has 3 N–H and O–H groups in total. The molecule has 5 heteroatoms. The van der Waals surface area contributed by atoms with Crippen molar-refractivity contribution in [2.45, 2.75) is 31.3 Å². The van der Waals surface area contributed by atoms with E-state index < -0.39 is 6.10 Å². The Morgan fingerprint density at radius 1 is 1.56 bits per heavy atom. The number of ether oxygens (including phenoxy) is 1. The lowest BCUT2D eigenvalue weighted by atomic mass is 9.97. The summed E-state index contributed by atoms with van der Waals surface area (Å²) in [6, 6.07) is 0. The van der Waals surface area contributed by atoms with Crippen LogP contribution in [0.1, 0.15) is 29.5 Å². The highest BCUT2D eigenvalue weighted by Crippen LogP contribution is 2.28. The van der Waals surface area contributed by atoms with E-state index in [1.807, 2.05) is 0 Å². The van der Waals surface area contributed by atoms with Crippen LogP contribution >= 0.6 is 11.3 Å². The summed E-state index contributed by atoms with van der Waals surface area (Å²) >= 11 is 1.62. The summed E-state index contributed by atoms with van der Waals surface area (Å²) < 4.78 is 5.33. The Labute approximate surface area is 99.5 Å². The summed E-state index contributed by atoms with van der Waals surface area (Å²) in [5.74, 6) is 0.536. The van der Waals surface area contributed by atoms with Crippen LogP contribution < -0.4 is 5.73 Å². The number of hydrogen-bond donors (Lipinski definition) is 2. The molecule has 1 saturated heterocycles. The van der Waals surface area contributed by atoms with E-state index in [0.717, 1.165) is 36.8 Å². The molecule has 0 aliphatic carbocycles. The third-order valence-corrected chi connectivity index (χ3v) is 3.78. The van der Waals surface area contributed by atoms with Crippen LogP contribution in [0, 0.1) is 0 Å². The highest BCUT2D eigenvalue weighted by Gasteiger charge is 2.19. The standard InChI is InChI=1S/C11H18N2O2S/c12-6-9(14)5-11-13-10(7-16-11)8-1-3-15-4-2-8/h7-9,14H,1-6,12H2. The number of nitrogens with zero attached hydrogens (tertiary/aromatic N) is 1. The fourth-order valence-electron chi connectivity index (χ4n) is 1.88. The molecule has 2 rings (SSSR count). The Morgan fingerprint density at radius 3 is 3.00 bits per heavy atom. The van der Waals surface area contributed by atoms with E-state index in [1.54, 1.807) is 11.3 Å². The van der Waals surface area contributed by atoms with Crippen molar-refractivity contribution in [3.05, 3.63) is 16.1 Å². The van der Waals surface area contributed by atoms with Crippen LogP contribution in [0.3, 0.4) is 0 Å². The Morgan fingerprint density at radius 2 is 2.31 bits per heavy atom. The molecule has 0 bridgehead atoms. The van der Waals surface area contributed by atoms with Gasteiger partial charge in [0.15, 0.2) is 0 Å². The van der Waals surface area contributed by atoms with Gasteiger partial charge in [-0.15, -0.1) is 11.3 Å². The van der Waals surface area contributed by atoms with Gasteiger partial charge in [0.2, 0.25) is 0 Å². The van der Waals surface area contributed by atoms with Crippen LogP contribution in [0.25, 0.3) is 0 Å². The highest BCUT2D eigenvalue weighted by molar-refractivity contribution is 7.09. The van der Waals surface area contributed by atoms with E-state index in [4.69, 9.17) is 10.5 Å². The zero-order valence-electron chi connectivity index (χ0n) is 9.26. The molecule has 1 aliphatic rings. The summed E-state index contributed by atoms with van der Waals surface area (Å²) in [5, 5.41) is 12.5. The first-order valence-corrected chi connectivity index (χ1v) is 6.57. The van der Waals surface area contributed by atoms with Crippen molar-refractivity contribution in [1.29, 1.82) is 0 Å². The molecule has 0 spiro atoms. The van der Waals surface area contributed by atoms with Crippen LogP contribution in [-0.4, -0.2) is 36.0 Å². The summed E-state index contributed by atoms with van der Waals surface area (Å²) in [6.45, 7) is 1.97. The second-order valence-corrected chi connectivity index (χ2v) is 5.09. The fraction of sp³-hybridized carbons (Fsp3) is 0.727. The second-order valence-electron chi connectivity index (χ2n) is 4.15. The first-order chi connectivity index (χ1) is 7.79. The van der Waals surface area contributed by atoms with Gasteiger partial charge in [-0.05, 0) is 12.8 Å². The Kier molecular flexibility index (Phi) is 4.29. The molecule has 16 heavy (non-hydrogen) atoms.